The first kappa shape index (κ1) is 84.1. The zero-order chi connectivity index (χ0) is 63.6. The van der Waals surface area contributed by atoms with Crippen molar-refractivity contribution in [3.05, 3.63) is 0 Å². The third-order valence-electron chi connectivity index (χ3n) is 15.5. The molecule has 0 rings (SSSR count). The van der Waals surface area contributed by atoms with Crippen LogP contribution in [0.2, 0.25) is 0 Å². The van der Waals surface area contributed by atoms with Gasteiger partial charge in [-0.15, -0.1) is 0 Å². The van der Waals surface area contributed by atoms with E-state index in [1.165, 1.54) is 148 Å². The summed E-state index contributed by atoms with van der Waals surface area (Å²) >= 11 is 0. The molecule has 0 aromatic heterocycles. The van der Waals surface area contributed by atoms with E-state index in [1.54, 1.807) is 0 Å². The Labute approximate surface area is 524 Å². The Morgan fingerprint density at radius 1 is 0.314 bits per heavy atom. The normalized spacial score (nSPS) is 14.2. The number of hydrogen-bond acceptors (Lipinski definition) is 15. The molecule has 0 heterocycles. The van der Waals surface area contributed by atoms with Crippen LogP contribution in [0.3, 0.4) is 0 Å². The fourth-order valence-electron chi connectivity index (χ4n) is 10.1. The number of carbonyl (C=O) groups is 4. The van der Waals surface area contributed by atoms with Crippen molar-refractivity contribution in [3.63, 3.8) is 0 Å². The fraction of sp³-hybridized carbons (Fsp3) is 0.940. The lowest BCUT2D eigenvalue weighted by atomic mass is 10.0. The van der Waals surface area contributed by atoms with Crippen molar-refractivity contribution in [2.45, 2.75) is 355 Å². The van der Waals surface area contributed by atoms with Gasteiger partial charge in [-0.25, -0.2) is 9.13 Å². The van der Waals surface area contributed by atoms with Crippen molar-refractivity contribution in [1.29, 1.82) is 0 Å². The number of aliphatic hydroxyl groups is 1. The molecular formula is C67H130O17P2. The molecule has 0 saturated heterocycles. The highest BCUT2D eigenvalue weighted by molar-refractivity contribution is 7.47. The molecule has 5 atom stereocenters. The maximum Gasteiger partial charge on any atom is 0.472 e. The Kier molecular flexibility index (Phi) is 58.0. The molecule has 510 valence electrons. The minimum absolute atomic E-state index is 0.103. The predicted molar refractivity (Wildman–Crippen MR) is 345 cm³/mol. The summed E-state index contributed by atoms with van der Waals surface area (Å²) in [5.41, 5.74) is 0. The van der Waals surface area contributed by atoms with Crippen LogP contribution in [0.1, 0.15) is 337 Å². The zero-order valence-corrected chi connectivity index (χ0v) is 57.4. The van der Waals surface area contributed by atoms with E-state index >= 15 is 0 Å². The summed E-state index contributed by atoms with van der Waals surface area (Å²) in [5, 5.41) is 10.6. The topological polar surface area (TPSA) is 237 Å². The smallest absolute Gasteiger partial charge is 0.462 e. The number of esters is 4. The molecule has 0 bridgehead atoms. The van der Waals surface area contributed by atoms with Gasteiger partial charge < -0.3 is 33.8 Å². The highest BCUT2D eigenvalue weighted by Crippen LogP contribution is 2.45. The van der Waals surface area contributed by atoms with Crippen LogP contribution in [0.5, 0.6) is 0 Å². The number of rotatable bonds is 66. The molecule has 17 nitrogen and oxygen atoms in total. The fourth-order valence-corrected chi connectivity index (χ4v) is 11.6. The quantitative estimate of drug-likeness (QED) is 0.0222. The van der Waals surface area contributed by atoms with Gasteiger partial charge in [-0.2, -0.15) is 0 Å². The van der Waals surface area contributed by atoms with E-state index in [-0.39, 0.29) is 25.7 Å². The first-order valence-corrected chi connectivity index (χ1v) is 38.0. The molecule has 86 heavy (non-hydrogen) atoms. The van der Waals surface area contributed by atoms with Gasteiger partial charge in [-0.1, -0.05) is 286 Å². The molecule has 0 aromatic rings. The van der Waals surface area contributed by atoms with E-state index in [1.807, 2.05) is 0 Å². The molecule has 0 radical (unpaired) electrons. The predicted octanol–water partition coefficient (Wildman–Crippen LogP) is 18.8. The van der Waals surface area contributed by atoms with Gasteiger partial charge in [0.15, 0.2) is 12.2 Å². The minimum atomic E-state index is -4.95. The van der Waals surface area contributed by atoms with Crippen molar-refractivity contribution in [1.82, 2.24) is 0 Å². The van der Waals surface area contributed by atoms with Crippen LogP contribution in [-0.4, -0.2) is 96.7 Å². The maximum absolute atomic E-state index is 13.0. The van der Waals surface area contributed by atoms with Gasteiger partial charge in [-0.3, -0.25) is 37.3 Å². The second kappa shape index (κ2) is 59.4. The average molecular weight is 1270 g/mol. The lowest BCUT2D eigenvalue weighted by Gasteiger charge is -2.21. The van der Waals surface area contributed by atoms with Crippen LogP contribution in [0.4, 0.5) is 0 Å². The first-order chi connectivity index (χ1) is 41.4. The molecule has 0 spiro atoms. The van der Waals surface area contributed by atoms with Crippen molar-refractivity contribution >= 4 is 39.5 Å². The third-order valence-corrected chi connectivity index (χ3v) is 17.4. The van der Waals surface area contributed by atoms with E-state index < -0.39 is 97.5 Å². The van der Waals surface area contributed by atoms with E-state index in [4.69, 9.17) is 37.0 Å². The highest BCUT2D eigenvalue weighted by atomic mass is 31.2. The monoisotopic (exact) mass is 1270 g/mol. The van der Waals surface area contributed by atoms with Gasteiger partial charge >= 0.3 is 39.5 Å². The molecule has 0 saturated carbocycles. The summed E-state index contributed by atoms with van der Waals surface area (Å²) in [7, 11) is -9.89. The molecule has 0 aliphatic carbocycles. The number of hydrogen-bond donors (Lipinski definition) is 3. The van der Waals surface area contributed by atoms with Crippen LogP contribution in [0.25, 0.3) is 0 Å². The first-order valence-electron chi connectivity index (χ1n) is 35.0. The number of unbranched alkanes of at least 4 members (excludes halogenated alkanes) is 36. The second-order valence-electron chi connectivity index (χ2n) is 25.2. The Morgan fingerprint density at radius 3 is 0.791 bits per heavy atom. The number of phosphoric ester groups is 2. The summed E-state index contributed by atoms with van der Waals surface area (Å²) < 4.78 is 68.1. The number of aliphatic hydroxyl groups excluding tert-OH is 1. The summed E-state index contributed by atoms with van der Waals surface area (Å²) in [6.45, 7) is 9.40. The molecule has 0 fully saturated rings. The van der Waals surface area contributed by atoms with Gasteiger partial charge in [-0.05, 0) is 37.5 Å². The lowest BCUT2D eigenvalue weighted by molar-refractivity contribution is -0.161. The second-order valence-corrected chi connectivity index (χ2v) is 28.1. The van der Waals surface area contributed by atoms with E-state index in [0.717, 1.165) is 102 Å². The van der Waals surface area contributed by atoms with Crippen molar-refractivity contribution in [2.75, 3.05) is 39.6 Å². The van der Waals surface area contributed by atoms with Crippen molar-refractivity contribution in [3.8, 4) is 0 Å². The number of ether oxygens (including phenoxy) is 4. The Balaban J connectivity index is 5.24. The van der Waals surface area contributed by atoms with Gasteiger partial charge in [0.2, 0.25) is 0 Å². The lowest BCUT2D eigenvalue weighted by Crippen LogP contribution is -2.30. The van der Waals surface area contributed by atoms with Gasteiger partial charge in [0.25, 0.3) is 0 Å². The molecular weight excluding hydrogens is 1140 g/mol. The average Bonchev–Trinajstić information content (AvgIpc) is 3.67. The molecule has 0 amide bonds. The Bertz CT molecular complexity index is 1680. The molecule has 0 aliphatic heterocycles. The summed E-state index contributed by atoms with van der Waals surface area (Å²) in [6, 6.07) is 0. The standard InChI is InChI=1S/C67H130O17P2/c1-7-9-11-13-15-17-19-21-23-25-30-37-43-49-64(69)77-55-62(83-66(71)51-45-39-31-26-24-22-20-18-16-14-12-10-8-2)57-81-85(73,74)79-53-61(68)54-80-86(75,76)82-58-63(56-78-65(70)50-44-38-34-33-36-42-48-60(5)6)84-67(72)52-46-40-32-28-27-29-35-41-47-59(3)4/h59-63,68H,7-58H2,1-6H3,(H,73,74)(H,75,76)/t61-,62-,63-/m1/s1. The van der Waals surface area contributed by atoms with Gasteiger partial charge in [0.1, 0.15) is 19.3 Å². The van der Waals surface area contributed by atoms with Crippen LogP contribution >= 0.6 is 15.6 Å². The van der Waals surface area contributed by atoms with Crippen molar-refractivity contribution < 1.29 is 80.2 Å². The zero-order valence-electron chi connectivity index (χ0n) is 55.6. The highest BCUT2D eigenvalue weighted by Gasteiger charge is 2.30. The Morgan fingerprint density at radius 2 is 0.535 bits per heavy atom. The largest absolute Gasteiger partial charge is 0.472 e. The Hall–Kier alpha value is -1.94. The number of phosphoric acid groups is 2. The maximum atomic E-state index is 13.0. The van der Waals surface area contributed by atoms with E-state index in [9.17, 15) is 43.2 Å². The molecule has 0 aliphatic rings. The van der Waals surface area contributed by atoms with Crippen LogP contribution in [0, 0.1) is 11.8 Å². The molecule has 3 N–H and O–H groups in total. The van der Waals surface area contributed by atoms with Crippen LogP contribution < -0.4 is 0 Å². The van der Waals surface area contributed by atoms with E-state index in [0.29, 0.717) is 31.6 Å². The summed E-state index contributed by atoms with van der Waals surface area (Å²) in [5.74, 6) is -0.732. The molecule has 0 aromatic carbocycles. The third kappa shape index (κ3) is 60.9. The minimum Gasteiger partial charge on any atom is -0.462 e. The summed E-state index contributed by atoms with van der Waals surface area (Å²) in [6.07, 6.45) is 43.1. The van der Waals surface area contributed by atoms with Gasteiger partial charge in [0, 0.05) is 25.7 Å². The van der Waals surface area contributed by atoms with Crippen molar-refractivity contribution in [2.24, 2.45) is 11.8 Å². The van der Waals surface area contributed by atoms with Crippen LogP contribution in [0.15, 0.2) is 0 Å². The number of carbonyl (C=O) groups excluding carboxylic acids is 4. The van der Waals surface area contributed by atoms with E-state index in [2.05, 4.69) is 41.5 Å². The summed E-state index contributed by atoms with van der Waals surface area (Å²) in [4.78, 5) is 72.3. The molecule has 19 heteroatoms. The van der Waals surface area contributed by atoms with Gasteiger partial charge in [0.05, 0.1) is 26.4 Å². The SMILES string of the molecule is CCCCCCCCCCCCCCCC(=O)OC[C@H](COP(=O)(O)OC[C@@H](O)COP(=O)(O)OC[C@@H](COC(=O)CCCCCCCCC(C)C)OC(=O)CCCCCCCCCCC(C)C)OC(=O)CCCCCCCCCCCCCCC. The molecule has 2 unspecified atom stereocenters. The van der Waals surface area contributed by atoms with Crippen LogP contribution in [-0.2, 0) is 65.4 Å².